The monoisotopic (exact) mass is 390 g/mol. The summed E-state index contributed by atoms with van der Waals surface area (Å²) in [6.07, 6.45) is 3.08. The molecule has 154 valence electrons. The average Bonchev–Trinajstić information content (AvgIpc) is 3.05. The second kappa shape index (κ2) is 8.75. The van der Waals surface area contributed by atoms with Gasteiger partial charge in [-0.15, -0.1) is 0 Å². The fraction of sp³-hybridized carbons (Fsp3) is 0.700. The van der Waals surface area contributed by atoms with E-state index in [1.54, 1.807) is 13.0 Å². The van der Waals surface area contributed by atoms with E-state index in [-0.39, 0.29) is 42.0 Å². The maximum absolute atomic E-state index is 12.9. The van der Waals surface area contributed by atoms with Gasteiger partial charge in [-0.2, -0.15) is 0 Å². The highest BCUT2D eigenvalue weighted by Crippen LogP contribution is 2.26. The van der Waals surface area contributed by atoms with Crippen molar-refractivity contribution in [3.05, 3.63) is 11.8 Å². The number of amides is 3. The number of anilines is 1. The normalized spacial score (nSPS) is 23.6. The van der Waals surface area contributed by atoms with Gasteiger partial charge in [-0.05, 0) is 38.5 Å². The molecule has 2 aliphatic heterocycles. The van der Waals surface area contributed by atoms with Crippen LogP contribution in [0.1, 0.15) is 51.7 Å². The quantitative estimate of drug-likeness (QED) is 0.801. The second-order valence-corrected chi connectivity index (χ2v) is 8.44. The van der Waals surface area contributed by atoms with Crippen LogP contribution in [0.5, 0.6) is 0 Å². The summed E-state index contributed by atoms with van der Waals surface area (Å²) in [4.78, 5) is 39.2. The van der Waals surface area contributed by atoms with Gasteiger partial charge in [0.15, 0.2) is 5.82 Å². The molecule has 0 spiro atoms. The Hall–Kier alpha value is -2.38. The van der Waals surface area contributed by atoms with Crippen LogP contribution in [0, 0.1) is 24.7 Å². The summed E-state index contributed by atoms with van der Waals surface area (Å²) in [5.41, 5.74) is 0. The Bertz CT molecular complexity index is 722. The predicted octanol–water partition coefficient (Wildman–Crippen LogP) is 2.10. The highest BCUT2D eigenvalue weighted by atomic mass is 16.5. The van der Waals surface area contributed by atoms with E-state index in [1.807, 2.05) is 4.90 Å². The molecule has 8 nitrogen and oxygen atoms in total. The molecule has 28 heavy (non-hydrogen) atoms. The van der Waals surface area contributed by atoms with Gasteiger partial charge in [-0.1, -0.05) is 19.0 Å². The molecule has 0 aliphatic carbocycles. The van der Waals surface area contributed by atoms with Crippen LogP contribution < -0.4 is 10.6 Å². The van der Waals surface area contributed by atoms with Gasteiger partial charge in [0.2, 0.25) is 17.7 Å². The third kappa shape index (κ3) is 5.11. The van der Waals surface area contributed by atoms with E-state index < -0.39 is 0 Å². The van der Waals surface area contributed by atoms with Crippen molar-refractivity contribution in [1.29, 1.82) is 0 Å². The first-order valence-corrected chi connectivity index (χ1v) is 10.1. The van der Waals surface area contributed by atoms with Crippen LogP contribution >= 0.6 is 0 Å². The van der Waals surface area contributed by atoms with Gasteiger partial charge in [0, 0.05) is 43.5 Å². The highest BCUT2D eigenvalue weighted by Gasteiger charge is 2.36. The summed E-state index contributed by atoms with van der Waals surface area (Å²) in [5, 5.41) is 9.56. The van der Waals surface area contributed by atoms with Gasteiger partial charge in [0.05, 0.1) is 0 Å². The topological polar surface area (TPSA) is 105 Å². The number of piperidine rings is 2. The van der Waals surface area contributed by atoms with E-state index in [9.17, 15) is 14.4 Å². The maximum Gasteiger partial charge on any atom is 0.228 e. The van der Waals surface area contributed by atoms with Crippen molar-refractivity contribution in [3.63, 3.8) is 0 Å². The van der Waals surface area contributed by atoms with E-state index in [0.29, 0.717) is 49.8 Å². The Balaban J connectivity index is 1.50. The zero-order valence-electron chi connectivity index (χ0n) is 16.9. The van der Waals surface area contributed by atoms with Gasteiger partial charge >= 0.3 is 0 Å². The summed E-state index contributed by atoms with van der Waals surface area (Å²) < 4.78 is 4.96. The van der Waals surface area contributed by atoms with Crippen molar-refractivity contribution in [2.45, 2.75) is 58.9 Å². The molecular formula is C20H30N4O4. The van der Waals surface area contributed by atoms with Crippen LogP contribution in [-0.2, 0) is 14.4 Å². The maximum atomic E-state index is 12.9. The molecule has 0 bridgehead atoms. The van der Waals surface area contributed by atoms with Gasteiger partial charge in [0.1, 0.15) is 5.76 Å². The Morgan fingerprint density at radius 1 is 1.32 bits per heavy atom. The molecule has 0 aromatic carbocycles. The molecule has 0 saturated carbocycles. The number of likely N-dealkylation sites (tertiary alicyclic amines) is 1. The molecule has 2 aliphatic rings. The van der Waals surface area contributed by atoms with Crippen molar-refractivity contribution in [2.24, 2.45) is 17.8 Å². The Morgan fingerprint density at radius 3 is 2.64 bits per heavy atom. The van der Waals surface area contributed by atoms with Crippen molar-refractivity contribution in [1.82, 2.24) is 15.4 Å². The van der Waals surface area contributed by atoms with E-state index >= 15 is 0 Å². The molecule has 1 aromatic rings. The van der Waals surface area contributed by atoms with E-state index in [1.165, 1.54) is 0 Å². The summed E-state index contributed by atoms with van der Waals surface area (Å²) in [5.74, 6) is 1.07. The molecular weight excluding hydrogens is 360 g/mol. The third-order valence-electron chi connectivity index (χ3n) is 5.53. The molecule has 8 heteroatoms. The number of nitrogens with zero attached hydrogens (tertiary/aromatic N) is 2. The zero-order chi connectivity index (χ0) is 20.3. The van der Waals surface area contributed by atoms with Crippen molar-refractivity contribution < 1.29 is 18.9 Å². The number of aryl methyl sites for hydroxylation is 1. The predicted molar refractivity (Wildman–Crippen MR) is 103 cm³/mol. The molecule has 2 atom stereocenters. The smallest absolute Gasteiger partial charge is 0.228 e. The van der Waals surface area contributed by atoms with Gasteiger partial charge in [-0.25, -0.2) is 0 Å². The number of aromatic nitrogens is 1. The molecule has 3 heterocycles. The van der Waals surface area contributed by atoms with E-state index in [0.717, 1.165) is 6.42 Å². The lowest BCUT2D eigenvalue weighted by Gasteiger charge is -2.36. The molecule has 2 fully saturated rings. The van der Waals surface area contributed by atoms with Crippen LogP contribution in [0.2, 0.25) is 0 Å². The zero-order valence-corrected chi connectivity index (χ0v) is 16.9. The third-order valence-corrected chi connectivity index (χ3v) is 5.53. The van der Waals surface area contributed by atoms with Gasteiger partial charge in [0.25, 0.3) is 0 Å². The Kier molecular flexibility index (Phi) is 6.36. The Labute approximate surface area is 165 Å². The number of carbonyl (C=O) groups excluding carboxylic acids is 3. The van der Waals surface area contributed by atoms with Gasteiger partial charge in [-0.3, -0.25) is 14.4 Å². The summed E-state index contributed by atoms with van der Waals surface area (Å²) in [6.45, 7) is 7.09. The first kappa shape index (κ1) is 20.4. The van der Waals surface area contributed by atoms with Gasteiger partial charge < -0.3 is 20.1 Å². The van der Waals surface area contributed by atoms with Crippen LogP contribution in [0.25, 0.3) is 0 Å². The first-order chi connectivity index (χ1) is 13.3. The number of carbonyl (C=O) groups is 3. The minimum absolute atomic E-state index is 0.0348. The lowest BCUT2D eigenvalue weighted by molar-refractivity contribution is -0.143. The standard InChI is InChI=1S/C20H30N4O4/c1-12(2)8-16-10-15(11-18(25)21-16)20(27)24-6-4-14(5-7-24)19(26)22-17-9-13(3)28-23-17/h9,12,14-16H,4-8,10-11H2,1-3H3,(H,21,25)(H,22,23,26)/t15-,16+/m1/s1. The molecule has 3 rings (SSSR count). The fourth-order valence-corrected chi connectivity index (χ4v) is 4.18. The number of hydrogen-bond donors (Lipinski definition) is 2. The number of nitrogens with one attached hydrogen (secondary N) is 2. The second-order valence-electron chi connectivity index (χ2n) is 8.44. The van der Waals surface area contributed by atoms with E-state index in [4.69, 9.17) is 4.52 Å². The van der Waals surface area contributed by atoms with Crippen LogP contribution in [-0.4, -0.2) is 46.9 Å². The average molecular weight is 390 g/mol. The lowest BCUT2D eigenvalue weighted by atomic mass is 9.86. The summed E-state index contributed by atoms with van der Waals surface area (Å²) in [6, 6.07) is 1.75. The van der Waals surface area contributed by atoms with Crippen LogP contribution in [0.4, 0.5) is 5.82 Å². The SMILES string of the molecule is Cc1cc(NC(=O)C2CCN(C(=O)[C@H]3CC(=O)N[C@@H](CC(C)C)C3)CC2)no1. The molecule has 3 amide bonds. The highest BCUT2D eigenvalue weighted by molar-refractivity contribution is 5.92. The molecule has 2 N–H and O–H groups in total. The minimum atomic E-state index is -0.249. The minimum Gasteiger partial charge on any atom is -0.360 e. The first-order valence-electron chi connectivity index (χ1n) is 10.1. The molecule has 2 saturated heterocycles. The van der Waals surface area contributed by atoms with Crippen molar-refractivity contribution in [2.75, 3.05) is 18.4 Å². The molecule has 0 radical (unpaired) electrons. The van der Waals surface area contributed by atoms with Crippen LogP contribution in [0.15, 0.2) is 10.6 Å². The number of hydrogen-bond acceptors (Lipinski definition) is 5. The molecule has 0 unspecified atom stereocenters. The largest absolute Gasteiger partial charge is 0.360 e. The van der Waals surface area contributed by atoms with Crippen LogP contribution in [0.3, 0.4) is 0 Å². The van der Waals surface area contributed by atoms with Crippen molar-refractivity contribution in [3.8, 4) is 0 Å². The van der Waals surface area contributed by atoms with Crippen molar-refractivity contribution >= 4 is 23.5 Å². The Morgan fingerprint density at radius 2 is 2.04 bits per heavy atom. The number of rotatable bonds is 5. The summed E-state index contributed by atoms with van der Waals surface area (Å²) in [7, 11) is 0. The lowest BCUT2D eigenvalue weighted by Crippen LogP contribution is -2.50. The van der Waals surface area contributed by atoms with E-state index in [2.05, 4.69) is 29.6 Å². The molecule has 1 aromatic heterocycles. The fourth-order valence-electron chi connectivity index (χ4n) is 4.18. The summed E-state index contributed by atoms with van der Waals surface area (Å²) >= 11 is 0.